The van der Waals surface area contributed by atoms with Gasteiger partial charge in [0.1, 0.15) is 0 Å². The Balaban J connectivity index is 2.23. The van der Waals surface area contributed by atoms with E-state index in [0.29, 0.717) is 0 Å². The fraction of sp³-hybridized carbons (Fsp3) is 0.462. The van der Waals surface area contributed by atoms with Crippen molar-refractivity contribution in [3.8, 4) is 0 Å². The molecule has 1 atom stereocenters. The average molecular weight is 220 g/mol. The molecule has 1 saturated carbocycles. The van der Waals surface area contributed by atoms with Crippen LogP contribution in [0.3, 0.4) is 0 Å². The average Bonchev–Trinajstić information content (AvgIpc) is 3.09. The third-order valence-electron chi connectivity index (χ3n) is 3.45. The van der Waals surface area contributed by atoms with Crippen LogP contribution in [0, 0.1) is 0 Å². The predicted octanol–water partition coefficient (Wildman–Crippen LogP) is 2.51. The lowest BCUT2D eigenvalue weighted by molar-refractivity contribution is -0.140. The Bertz CT molecular complexity index is 390. The van der Waals surface area contributed by atoms with Gasteiger partial charge in [0.25, 0.3) is 0 Å². The monoisotopic (exact) mass is 220 g/mol. The Hall–Kier alpha value is -1.35. The van der Waals surface area contributed by atoms with E-state index in [4.69, 9.17) is 9.84 Å². The first-order valence-corrected chi connectivity index (χ1v) is 5.47. The summed E-state index contributed by atoms with van der Waals surface area (Å²) in [5.74, 6) is -0.708. The first kappa shape index (κ1) is 11.1. The summed E-state index contributed by atoms with van der Waals surface area (Å²) in [6.45, 7) is 1.97. The molecule has 0 spiro atoms. The fourth-order valence-electron chi connectivity index (χ4n) is 1.96. The molecular formula is C13H16O3. The van der Waals surface area contributed by atoms with E-state index in [1.54, 1.807) is 7.11 Å². The largest absolute Gasteiger partial charge is 0.481 e. The maximum Gasteiger partial charge on any atom is 0.314 e. The minimum atomic E-state index is -0.708. The summed E-state index contributed by atoms with van der Waals surface area (Å²) in [6.07, 6.45) is 1.55. The SMILES string of the molecule is COC(C)c1ccc(C2(C(=O)O)CC2)cc1. The van der Waals surface area contributed by atoms with Gasteiger partial charge >= 0.3 is 5.97 Å². The van der Waals surface area contributed by atoms with E-state index in [0.717, 1.165) is 24.0 Å². The summed E-state index contributed by atoms with van der Waals surface area (Å²) < 4.78 is 5.21. The highest BCUT2D eigenvalue weighted by Gasteiger charge is 2.51. The van der Waals surface area contributed by atoms with E-state index >= 15 is 0 Å². The van der Waals surface area contributed by atoms with Crippen molar-refractivity contribution < 1.29 is 14.6 Å². The Morgan fingerprint density at radius 2 is 1.94 bits per heavy atom. The molecule has 1 aliphatic carbocycles. The van der Waals surface area contributed by atoms with E-state index in [9.17, 15) is 4.79 Å². The molecule has 0 saturated heterocycles. The number of benzene rings is 1. The van der Waals surface area contributed by atoms with Crippen molar-refractivity contribution in [1.29, 1.82) is 0 Å². The normalized spacial score (nSPS) is 19.1. The minimum Gasteiger partial charge on any atom is -0.481 e. The van der Waals surface area contributed by atoms with E-state index in [-0.39, 0.29) is 6.10 Å². The summed E-state index contributed by atoms with van der Waals surface area (Å²) in [5.41, 5.74) is 1.38. The van der Waals surface area contributed by atoms with Gasteiger partial charge in [0.05, 0.1) is 11.5 Å². The Labute approximate surface area is 95.0 Å². The molecule has 0 aromatic heterocycles. The molecule has 0 heterocycles. The zero-order valence-electron chi connectivity index (χ0n) is 9.56. The highest BCUT2D eigenvalue weighted by molar-refractivity contribution is 5.84. The highest BCUT2D eigenvalue weighted by Crippen LogP contribution is 2.48. The maximum atomic E-state index is 11.1. The van der Waals surface area contributed by atoms with Crippen molar-refractivity contribution in [3.05, 3.63) is 35.4 Å². The molecule has 1 aromatic carbocycles. The van der Waals surface area contributed by atoms with Gasteiger partial charge in [-0.25, -0.2) is 0 Å². The Morgan fingerprint density at radius 3 is 2.31 bits per heavy atom. The second-order valence-electron chi connectivity index (χ2n) is 4.39. The molecule has 1 unspecified atom stereocenters. The van der Waals surface area contributed by atoms with Crippen LogP contribution in [0.1, 0.15) is 37.0 Å². The summed E-state index contributed by atoms with van der Waals surface area (Å²) in [6, 6.07) is 7.72. The van der Waals surface area contributed by atoms with Crippen molar-refractivity contribution in [3.63, 3.8) is 0 Å². The predicted molar refractivity (Wildman–Crippen MR) is 60.4 cm³/mol. The van der Waals surface area contributed by atoms with Crippen LogP contribution in [0.5, 0.6) is 0 Å². The number of carbonyl (C=O) groups is 1. The molecule has 0 amide bonds. The van der Waals surface area contributed by atoms with Gasteiger partial charge in [-0.3, -0.25) is 4.79 Å². The van der Waals surface area contributed by atoms with Crippen molar-refractivity contribution in [1.82, 2.24) is 0 Å². The molecule has 1 aliphatic rings. The van der Waals surface area contributed by atoms with Crippen molar-refractivity contribution in [2.24, 2.45) is 0 Å². The number of hydrogen-bond acceptors (Lipinski definition) is 2. The van der Waals surface area contributed by atoms with Crippen LogP contribution < -0.4 is 0 Å². The number of hydrogen-bond donors (Lipinski definition) is 1. The van der Waals surface area contributed by atoms with Crippen LogP contribution in [-0.4, -0.2) is 18.2 Å². The summed E-state index contributed by atoms with van der Waals surface area (Å²) in [5, 5.41) is 9.16. The molecule has 16 heavy (non-hydrogen) atoms. The number of methoxy groups -OCH3 is 1. The van der Waals surface area contributed by atoms with Gasteiger partial charge in [-0.15, -0.1) is 0 Å². The van der Waals surface area contributed by atoms with E-state index < -0.39 is 11.4 Å². The van der Waals surface area contributed by atoms with Crippen LogP contribution in [0.15, 0.2) is 24.3 Å². The maximum absolute atomic E-state index is 11.1. The second kappa shape index (κ2) is 3.91. The number of ether oxygens (including phenoxy) is 1. The van der Waals surface area contributed by atoms with E-state index in [2.05, 4.69) is 0 Å². The minimum absolute atomic E-state index is 0.0500. The molecule has 1 fully saturated rings. The molecule has 3 nitrogen and oxygen atoms in total. The van der Waals surface area contributed by atoms with Gasteiger partial charge in [-0.05, 0) is 30.9 Å². The first-order valence-electron chi connectivity index (χ1n) is 5.47. The van der Waals surface area contributed by atoms with E-state index in [1.807, 2.05) is 31.2 Å². The molecule has 86 valence electrons. The fourth-order valence-corrected chi connectivity index (χ4v) is 1.96. The zero-order valence-corrected chi connectivity index (χ0v) is 9.56. The Morgan fingerprint density at radius 1 is 1.38 bits per heavy atom. The van der Waals surface area contributed by atoms with Crippen LogP contribution in [0.2, 0.25) is 0 Å². The molecule has 0 radical (unpaired) electrons. The number of aliphatic carboxylic acids is 1. The van der Waals surface area contributed by atoms with Gasteiger partial charge in [0, 0.05) is 7.11 Å². The van der Waals surface area contributed by atoms with Crippen molar-refractivity contribution in [2.75, 3.05) is 7.11 Å². The van der Waals surface area contributed by atoms with Crippen molar-refractivity contribution in [2.45, 2.75) is 31.3 Å². The topological polar surface area (TPSA) is 46.5 Å². The molecule has 0 aliphatic heterocycles. The van der Waals surface area contributed by atoms with Gasteiger partial charge < -0.3 is 9.84 Å². The standard InChI is InChI=1S/C13H16O3/c1-9(16-2)10-3-5-11(6-4-10)13(7-8-13)12(14)15/h3-6,9H,7-8H2,1-2H3,(H,14,15). The summed E-state index contributed by atoms with van der Waals surface area (Å²) in [7, 11) is 1.66. The first-order chi connectivity index (χ1) is 7.60. The lowest BCUT2D eigenvalue weighted by atomic mass is 9.94. The number of carboxylic acid groups (broad SMARTS) is 1. The zero-order chi connectivity index (χ0) is 11.8. The van der Waals surface area contributed by atoms with Crippen LogP contribution in [0.25, 0.3) is 0 Å². The number of carboxylic acids is 1. The van der Waals surface area contributed by atoms with Crippen LogP contribution >= 0.6 is 0 Å². The van der Waals surface area contributed by atoms with Gasteiger partial charge in [-0.1, -0.05) is 24.3 Å². The molecule has 1 aromatic rings. The Kier molecular flexibility index (Phi) is 2.72. The van der Waals surface area contributed by atoms with Crippen LogP contribution in [0.4, 0.5) is 0 Å². The van der Waals surface area contributed by atoms with Gasteiger partial charge in [-0.2, -0.15) is 0 Å². The number of rotatable bonds is 4. The molecular weight excluding hydrogens is 204 g/mol. The quantitative estimate of drug-likeness (QED) is 0.848. The van der Waals surface area contributed by atoms with E-state index in [1.165, 1.54) is 0 Å². The lowest BCUT2D eigenvalue weighted by Crippen LogP contribution is -2.19. The molecule has 3 heteroatoms. The smallest absolute Gasteiger partial charge is 0.314 e. The van der Waals surface area contributed by atoms with Crippen molar-refractivity contribution >= 4 is 5.97 Å². The molecule has 0 bridgehead atoms. The summed E-state index contributed by atoms with van der Waals surface area (Å²) >= 11 is 0. The van der Waals surface area contributed by atoms with Gasteiger partial charge in [0.2, 0.25) is 0 Å². The summed E-state index contributed by atoms with van der Waals surface area (Å²) in [4.78, 5) is 11.1. The second-order valence-corrected chi connectivity index (χ2v) is 4.39. The molecule has 1 N–H and O–H groups in total. The highest BCUT2D eigenvalue weighted by atomic mass is 16.5. The third-order valence-corrected chi connectivity index (χ3v) is 3.45. The van der Waals surface area contributed by atoms with Crippen LogP contribution in [-0.2, 0) is 14.9 Å². The molecule has 2 rings (SSSR count). The third kappa shape index (κ3) is 1.71. The van der Waals surface area contributed by atoms with Gasteiger partial charge in [0.15, 0.2) is 0 Å². The lowest BCUT2D eigenvalue weighted by Gasteiger charge is -2.13.